The predicted molar refractivity (Wildman–Crippen MR) is 78.3 cm³/mol. The maximum absolute atomic E-state index is 11.9. The first-order chi connectivity index (χ1) is 10.1. The van der Waals surface area contributed by atoms with Gasteiger partial charge in [0.15, 0.2) is 5.96 Å². The Balaban J connectivity index is 1.81. The van der Waals surface area contributed by atoms with E-state index in [0.717, 1.165) is 0 Å². The summed E-state index contributed by atoms with van der Waals surface area (Å²) in [6, 6.07) is 3.06. The van der Waals surface area contributed by atoms with Crippen molar-refractivity contribution in [3.8, 4) is 0 Å². The van der Waals surface area contributed by atoms with E-state index >= 15 is 0 Å². The molecule has 1 aromatic rings. The highest BCUT2D eigenvalue weighted by Gasteiger charge is 2.14. The number of guanidine groups is 1. The molecule has 1 fully saturated rings. The maximum Gasteiger partial charge on any atom is 0.242 e. The van der Waals surface area contributed by atoms with Crippen LogP contribution < -0.4 is 10.5 Å². The molecular formula is C12H19N5O3S. The van der Waals surface area contributed by atoms with Crippen LogP contribution in [0.3, 0.4) is 0 Å². The first-order valence-electron chi connectivity index (χ1n) is 6.62. The molecule has 0 spiro atoms. The van der Waals surface area contributed by atoms with Gasteiger partial charge in [0.25, 0.3) is 0 Å². The Morgan fingerprint density at radius 2 is 2.24 bits per heavy atom. The van der Waals surface area contributed by atoms with E-state index in [4.69, 9.17) is 10.5 Å². The van der Waals surface area contributed by atoms with Crippen LogP contribution in [0.2, 0.25) is 0 Å². The minimum atomic E-state index is -3.54. The van der Waals surface area contributed by atoms with Crippen LogP contribution in [0.4, 0.5) is 0 Å². The second kappa shape index (κ2) is 7.34. The maximum atomic E-state index is 11.9. The van der Waals surface area contributed by atoms with E-state index in [1.165, 1.54) is 18.5 Å². The normalized spacial score (nSPS) is 17.0. The quantitative estimate of drug-likeness (QED) is 0.410. The van der Waals surface area contributed by atoms with Crippen LogP contribution in [0.5, 0.6) is 0 Å². The summed E-state index contributed by atoms with van der Waals surface area (Å²) in [6.07, 6.45) is 2.82. The smallest absolute Gasteiger partial charge is 0.242 e. The molecule has 9 heteroatoms. The first kappa shape index (κ1) is 15.7. The van der Waals surface area contributed by atoms with Gasteiger partial charge in [-0.15, -0.1) is 0 Å². The lowest BCUT2D eigenvalue weighted by Crippen LogP contribution is -2.45. The van der Waals surface area contributed by atoms with Gasteiger partial charge < -0.3 is 15.4 Å². The van der Waals surface area contributed by atoms with Crippen molar-refractivity contribution in [3.05, 3.63) is 24.5 Å². The second-order valence-corrected chi connectivity index (χ2v) is 6.19. The van der Waals surface area contributed by atoms with E-state index in [-0.39, 0.29) is 18.0 Å². The molecule has 1 saturated heterocycles. The highest BCUT2D eigenvalue weighted by Crippen LogP contribution is 2.04. The molecule has 0 saturated carbocycles. The lowest BCUT2D eigenvalue weighted by molar-refractivity contribution is 0.0674. The fourth-order valence-electron chi connectivity index (χ4n) is 1.83. The second-order valence-electron chi connectivity index (χ2n) is 4.43. The number of rotatable bonds is 5. The Morgan fingerprint density at radius 1 is 1.48 bits per heavy atom. The van der Waals surface area contributed by atoms with E-state index in [1.54, 1.807) is 6.07 Å². The molecule has 0 atom stereocenters. The number of nitrogens with two attached hydrogens (primary N) is 1. The van der Waals surface area contributed by atoms with E-state index in [0.29, 0.717) is 32.3 Å². The highest BCUT2D eigenvalue weighted by atomic mass is 32.2. The first-order valence-corrected chi connectivity index (χ1v) is 8.10. The van der Waals surface area contributed by atoms with Crippen molar-refractivity contribution >= 4 is 16.0 Å². The van der Waals surface area contributed by atoms with Gasteiger partial charge in [-0.1, -0.05) is 0 Å². The fraction of sp³-hybridized carbons (Fsp3) is 0.500. The number of sulfonamides is 1. The van der Waals surface area contributed by atoms with Gasteiger partial charge in [0.1, 0.15) is 4.90 Å². The number of pyridine rings is 1. The number of nitrogens with zero attached hydrogens (tertiary/aromatic N) is 3. The van der Waals surface area contributed by atoms with Gasteiger partial charge in [0.2, 0.25) is 10.0 Å². The minimum Gasteiger partial charge on any atom is -0.378 e. The Hall–Kier alpha value is -1.71. The zero-order chi connectivity index (χ0) is 15.1. The standard InChI is InChI=1S/C12H19N5O3S/c13-12(17-6-8-20-9-7-17)15-4-5-16-21(18,19)11-2-1-3-14-10-11/h1-3,10,16H,4-9H2,(H2,13,15). The van der Waals surface area contributed by atoms with Crippen LogP contribution in [0.1, 0.15) is 0 Å². The van der Waals surface area contributed by atoms with Crippen LogP contribution in [-0.2, 0) is 14.8 Å². The van der Waals surface area contributed by atoms with Crippen LogP contribution >= 0.6 is 0 Å². The molecule has 3 N–H and O–H groups in total. The zero-order valence-electron chi connectivity index (χ0n) is 11.6. The molecule has 1 aliphatic heterocycles. The van der Waals surface area contributed by atoms with Gasteiger partial charge in [-0.3, -0.25) is 9.98 Å². The number of morpholine rings is 1. The summed E-state index contributed by atoms with van der Waals surface area (Å²) in [5, 5.41) is 0. The Kier molecular flexibility index (Phi) is 5.48. The van der Waals surface area contributed by atoms with Crippen molar-refractivity contribution in [1.82, 2.24) is 14.6 Å². The molecule has 1 aliphatic rings. The summed E-state index contributed by atoms with van der Waals surface area (Å²) in [7, 11) is -3.54. The molecule has 0 aromatic carbocycles. The van der Waals surface area contributed by atoms with E-state index in [9.17, 15) is 8.42 Å². The molecule has 8 nitrogen and oxygen atoms in total. The minimum absolute atomic E-state index is 0.134. The van der Waals surface area contributed by atoms with Crippen molar-refractivity contribution in [2.24, 2.45) is 10.7 Å². The molecule has 0 unspecified atom stereocenters. The fourth-order valence-corrected chi connectivity index (χ4v) is 2.82. The van der Waals surface area contributed by atoms with Crippen molar-refractivity contribution in [3.63, 3.8) is 0 Å². The summed E-state index contributed by atoms with van der Waals surface area (Å²) in [4.78, 5) is 10.0. The third-order valence-corrected chi connectivity index (χ3v) is 4.40. The third kappa shape index (κ3) is 4.66. The van der Waals surface area contributed by atoms with Gasteiger partial charge in [0, 0.05) is 32.0 Å². The zero-order valence-corrected chi connectivity index (χ0v) is 12.4. The topological polar surface area (TPSA) is 110 Å². The molecule has 0 bridgehead atoms. The van der Waals surface area contributed by atoms with E-state index in [1.807, 2.05) is 4.90 Å². The molecule has 0 radical (unpaired) electrons. The van der Waals surface area contributed by atoms with Crippen LogP contribution in [0.25, 0.3) is 0 Å². The molecule has 0 aliphatic carbocycles. The van der Waals surface area contributed by atoms with Crippen molar-refractivity contribution in [2.45, 2.75) is 4.90 Å². The van der Waals surface area contributed by atoms with Crippen molar-refractivity contribution < 1.29 is 13.2 Å². The molecule has 116 valence electrons. The Bertz CT molecular complexity index is 570. The average molecular weight is 313 g/mol. The number of hydrogen-bond acceptors (Lipinski definition) is 5. The lowest BCUT2D eigenvalue weighted by Gasteiger charge is -2.27. The molecule has 21 heavy (non-hydrogen) atoms. The Labute approximate surface area is 124 Å². The summed E-state index contributed by atoms with van der Waals surface area (Å²) in [5.74, 6) is 0.416. The van der Waals surface area contributed by atoms with Gasteiger partial charge >= 0.3 is 0 Å². The average Bonchev–Trinajstić information content (AvgIpc) is 2.53. The molecule has 0 amide bonds. The summed E-state index contributed by atoms with van der Waals surface area (Å²) >= 11 is 0. The molecular weight excluding hydrogens is 294 g/mol. The lowest BCUT2D eigenvalue weighted by atomic mass is 10.4. The number of aliphatic imine (C=N–C) groups is 1. The van der Waals surface area contributed by atoms with Gasteiger partial charge in [-0.05, 0) is 12.1 Å². The van der Waals surface area contributed by atoms with Crippen molar-refractivity contribution in [2.75, 3.05) is 39.4 Å². The molecule has 2 heterocycles. The van der Waals surface area contributed by atoms with Crippen LogP contribution in [0.15, 0.2) is 34.4 Å². The molecule has 2 rings (SSSR count). The Morgan fingerprint density at radius 3 is 2.90 bits per heavy atom. The van der Waals surface area contributed by atoms with Gasteiger partial charge in [0.05, 0.1) is 19.8 Å². The largest absolute Gasteiger partial charge is 0.378 e. The number of hydrogen-bond donors (Lipinski definition) is 2. The third-order valence-electron chi connectivity index (χ3n) is 2.96. The van der Waals surface area contributed by atoms with Gasteiger partial charge in [-0.25, -0.2) is 13.1 Å². The summed E-state index contributed by atoms with van der Waals surface area (Å²) in [6.45, 7) is 3.13. The van der Waals surface area contributed by atoms with Gasteiger partial charge in [-0.2, -0.15) is 0 Å². The van der Waals surface area contributed by atoms with Crippen LogP contribution in [0, 0.1) is 0 Å². The molecule has 1 aromatic heterocycles. The number of nitrogens with one attached hydrogen (secondary N) is 1. The van der Waals surface area contributed by atoms with E-state index in [2.05, 4.69) is 14.7 Å². The SMILES string of the molecule is NC(=NCCNS(=O)(=O)c1cccnc1)N1CCOCC1. The number of aromatic nitrogens is 1. The summed E-state index contributed by atoms with van der Waals surface area (Å²) in [5.41, 5.74) is 5.84. The predicted octanol–water partition coefficient (Wildman–Crippen LogP) is -0.993. The van der Waals surface area contributed by atoms with E-state index < -0.39 is 10.0 Å². The van der Waals surface area contributed by atoms with Crippen molar-refractivity contribution in [1.29, 1.82) is 0 Å². The van der Waals surface area contributed by atoms with Crippen LogP contribution in [-0.4, -0.2) is 63.7 Å². The number of ether oxygens (including phenoxy) is 1. The summed E-state index contributed by atoms with van der Waals surface area (Å²) < 4.78 is 31.5. The highest BCUT2D eigenvalue weighted by molar-refractivity contribution is 7.89. The monoisotopic (exact) mass is 313 g/mol.